The topological polar surface area (TPSA) is 32.8 Å². The lowest BCUT2D eigenvalue weighted by molar-refractivity contribution is 1.17. The molecule has 29 rings (SSSR count). The molecule has 0 fully saturated rings. The van der Waals surface area contributed by atoms with Gasteiger partial charge in [0.1, 0.15) is 0 Å². The van der Waals surface area contributed by atoms with E-state index in [0.717, 1.165) is 17.1 Å². The Hall–Kier alpha value is -19.3. The molecule has 0 aliphatic carbocycles. The third-order valence-corrected chi connectivity index (χ3v) is 29.7. The Morgan fingerprint density at radius 2 is 0.362 bits per heavy atom. The fourth-order valence-electron chi connectivity index (χ4n) is 22.7. The Morgan fingerprint density at radius 3 is 0.725 bits per heavy atom. The van der Waals surface area contributed by atoms with Crippen LogP contribution in [0.15, 0.2) is 552 Å². The molecule has 0 amide bonds. The van der Waals surface area contributed by atoms with Gasteiger partial charge in [0.25, 0.3) is 0 Å². The first kappa shape index (κ1) is 89.7. The van der Waals surface area contributed by atoms with Gasteiger partial charge in [-0.2, -0.15) is 0 Å². The summed E-state index contributed by atoms with van der Waals surface area (Å²) in [6.07, 6.45) is 0. The Bertz CT molecular complexity index is 9840. The molecule has 0 aliphatic heterocycles. The lowest BCUT2D eigenvalue weighted by Crippen LogP contribution is -2.10. The highest BCUT2D eigenvalue weighted by molar-refractivity contribution is 6.17. The number of rotatable bonds is 14. The second kappa shape index (κ2) is 38.4. The van der Waals surface area contributed by atoms with E-state index in [4.69, 9.17) is 0 Å². The molecular weight excluding hydrogens is 1800 g/mol. The lowest BCUT2D eigenvalue weighted by Gasteiger charge is -2.26. The average molecular weight is 1910 g/mol. The summed E-state index contributed by atoms with van der Waals surface area (Å²) < 4.78 is 14.3. The van der Waals surface area contributed by atoms with E-state index in [0.29, 0.717) is 0 Å². The number of anilines is 3. The van der Waals surface area contributed by atoms with Gasteiger partial charge in [-0.1, -0.05) is 345 Å². The van der Waals surface area contributed by atoms with Crippen LogP contribution in [0.3, 0.4) is 0 Å². The molecule has 0 saturated carbocycles. The summed E-state index contributed by atoms with van der Waals surface area (Å²) in [5.74, 6) is 0. The molecule has 7 nitrogen and oxygen atoms in total. The van der Waals surface area contributed by atoms with Crippen molar-refractivity contribution in [2.24, 2.45) is 0 Å². The second-order valence-corrected chi connectivity index (χ2v) is 39.0. The van der Waals surface area contributed by atoms with Gasteiger partial charge in [0.05, 0.1) is 66.2 Å². The van der Waals surface area contributed by atoms with E-state index in [9.17, 15) is 0 Å². The van der Waals surface area contributed by atoms with Gasteiger partial charge in [0.2, 0.25) is 0 Å². The maximum atomic E-state index is 2.40. The Labute approximate surface area is 865 Å². The van der Waals surface area contributed by atoms with Crippen molar-refractivity contribution in [1.82, 2.24) is 27.4 Å². The number of aryl methyl sites for hydroxylation is 4. The van der Waals surface area contributed by atoms with E-state index in [2.05, 4.69) is 612 Å². The van der Waals surface area contributed by atoms with Crippen molar-refractivity contribution < 1.29 is 0 Å². The molecule has 0 spiro atoms. The van der Waals surface area contributed by atoms with Gasteiger partial charge in [0, 0.05) is 116 Å². The molecule has 706 valence electrons. The number of benzene rings is 23. The standard InChI is InChI=1S/3C37H26N2.C31H25N/c1-25-11-10-17-31-33-24-27(20-22-36(33)39(37(25)31)29-14-6-3-7-15-29)26-19-21-35-32(23-26)30-16-8-9-18-34(30)38(35)28-12-4-2-5-13-28;1-25-16-19-35-31(22-25)33-24-27(18-21-37(33)39(35)29-12-6-3-7-13-29)26-17-20-36-32(23-26)30-14-8-9-15-34(30)38(36)28-10-4-2-5-11-28;1-25-16-19-31-33-24-27(18-21-36(33)39(37(31)22-25)29-12-6-3-7-13-29)26-17-20-35-32(23-26)30-14-8-9-15-34(30)38(35)28-10-4-2-5-11-28;1-24-18-20-29(21-19-24)32(30-16-8-14-27(22-30)25-10-4-2-5-11-25)31-17-9-15-28(23-31)26-12-6-3-7-13-26/h3*2-24H,1H3;2-23H,1H3. The van der Waals surface area contributed by atoms with Crippen LogP contribution < -0.4 is 4.90 Å². The number of para-hydroxylation sites is 10. The van der Waals surface area contributed by atoms with E-state index in [1.807, 2.05) is 0 Å². The smallest absolute Gasteiger partial charge is 0.0570 e. The first-order chi connectivity index (χ1) is 73.6. The van der Waals surface area contributed by atoms with Crippen LogP contribution in [-0.2, 0) is 0 Å². The molecule has 23 aromatic carbocycles. The molecule has 0 bridgehead atoms. The van der Waals surface area contributed by atoms with Gasteiger partial charge in [-0.05, 0) is 313 Å². The molecule has 0 radical (unpaired) electrons. The highest BCUT2D eigenvalue weighted by Crippen LogP contribution is 2.47. The van der Waals surface area contributed by atoms with Crippen molar-refractivity contribution in [2.45, 2.75) is 27.7 Å². The van der Waals surface area contributed by atoms with Gasteiger partial charge < -0.3 is 32.3 Å². The zero-order valence-electron chi connectivity index (χ0n) is 83.2. The quantitative estimate of drug-likeness (QED) is 0.107. The van der Waals surface area contributed by atoms with Crippen molar-refractivity contribution in [3.63, 3.8) is 0 Å². The molecule has 7 heteroatoms. The number of hydrogen-bond acceptors (Lipinski definition) is 1. The first-order valence-electron chi connectivity index (χ1n) is 51.3. The number of aromatic nitrogens is 6. The number of fused-ring (bicyclic) bond motifs is 18. The van der Waals surface area contributed by atoms with Crippen LogP contribution in [0, 0.1) is 27.7 Å². The number of nitrogens with zero attached hydrogens (tertiary/aromatic N) is 7. The maximum absolute atomic E-state index is 2.40. The number of hydrogen-bond donors (Lipinski definition) is 0. The SMILES string of the molecule is Cc1ccc(N(c2cccc(-c3ccccc3)c2)c2cccc(-c3ccccc3)c2)cc1.Cc1ccc2c(c1)c1cc(-c3ccc4c(c3)c3ccccc3n4-c3ccccc3)ccc1n2-c1ccccc1.Cc1ccc2c3cc(-c4ccc5c(c4)c4ccccc4n5-c4ccccc4)ccc3n(-c3ccccc3)c2c1.Cc1cccc2c3cc(-c4ccc5c(c4)c4ccccc4n5-c4ccccc4)ccc3n(-c3ccccc3)c12. The molecule has 0 unspecified atom stereocenters. The van der Waals surface area contributed by atoms with Crippen LogP contribution in [0.4, 0.5) is 17.1 Å². The van der Waals surface area contributed by atoms with Crippen molar-refractivity contribution in [3.8, 4) is 89.8 Å². The Balaban J connectivity index is 0.000000101. The minimum Gasteiger partial charge on any atom is -0.310 e. The van der Waals surface area contributed by atoms with Crippen LogP contribution in [-0.4, -0.2) is 27.4 Å². The molecule has 149 heavy (non-hydrogen) atoms. The Morgan fingerprint density at radius 1 is 0.128 bits per heavy atom. The second-order valence-electron chi connectivity index (χ2n) is 39.0. The molecule has 0 saturated heterocycles. The van der Waals surface area contributed by atoms with Crippen LogP contribution in [0.25, 0.3) is 221 Å². The van der Waals surface area contributed by atoms with Crippen molar-refractivity contribution in [3.05, 3.63) is 574 Å². The molecular formula is C142H103N7. The molecule has 29 aromatic rings. The zero-order valence-corrected chi connectivity index (χ0v) is 83.2. The van der Waals surface area contributed by atoms with Gasteiger partial charge in [0.15, 0.2) is 0 Å². The highest BCUT2D eigenvalue weighted by Gasteiger charge is 2.24. The molecule has 0 aliphatic rings. The summed E-state index contributed by atoms with van der Waals surface area (Å²) in [4.78, 5) is 2.33. The minimum absolute atomic E-state index is 1.14. The molecule has 0 atom stereocenters. The van der Waals surface area contributed by atoms with E-state index in [1.165, 1.54) is 243 Å². The van der Waals surface area contributed by atoms with Crippen LogP contribution in [0.1, 0.15) is 22.3 Å². The molecule has 0 N–H and O–H groups in total. The van der Waals surface area contributed by atoms with Crippen LogP contribution >= 0.6 is 0 Å². The van der Waals surface area contributed by atoms with Crippen molar-refractivity contribution in [2.75, 3.05) is 4.90 Å². The van der Waals surface area contributed by atoms with E-state index >= 15 is 0 Å². The molecule has 6 heterocycles. The lowest BCUT2D eigenvalue weighted by atomic mass is 10.0. The summed E-state index contributed by atoms with van der Waals surface area (Å²) in [7, 11) is 0. The fourth-order valence-corrected chi connectivity index (χ4v) is 22.7. The Kier molecular flexibility index (Phi) is 23.1. The van der Waals surface area contributed by atoms with Gasteiger partial charge in [-0.3, -0.25) is 0 Å². The summed E-state index contributed by atoms with van der Waals surface area (Å²) in [5, 5.41) is 15.3. The predicted molar refractivity (Wildman–Crippen MR) is 633 cm³/mol. The van der Waals surface area contributed by atoms with Crippen LogP contribution in [0.5, 0.6) is 0 Å². The fraction of sp³-hybridized carbons (Fsp3) is 0.0282. The largest absolute Gasteiger partial charge is 0.310 e. The summed E-state index contributed by atoms with van der Waals surface area (Å²) >= 11 is 0. The van der Waals surface area contributed by atoms with Crippen molar-refractivity contribution >= 4 is 148 Å². The van der Waals surface area contributed by atoms with E-state index in [-0.39, 0.29) is 0 Å². The van der Waals surface area contributed by atoms with Gasteiger partial charge in [-0.25, -0.2) is 0 Å². The summed E-state index contributed by atoms with van der Waals surface area (Å²) in [6.45, 7) is 8.67. The third-order valence-electron chi connectivity index (χ3n) is 29.7. The summed E-state index contributed by atoms with van der Waals surface area (Å²) in [6, 6.07) is 199. The maximum Gasteiger partial charge on any atom is 0.0570 e. The first-order valence-corrected chi connectivity index (χ1v) is 51.3. The van der Waals surface area contributed by atoms with E-state index in [1.54, 1.807) is 0 Å². The average Bonchev–Trinajstić information content (AvgIpc) is 1.59. The monoisotopic (exact) mass is 1910 g/mol. The van der Waals surface area contributed by atoms with E-state index < -0.39 is 0 Å². The third kappa shape index (κ3) is 16.5. The molecule has 6 aromatic heterocycles. The highest BCUT2D eigenvalue weighted by atomic mass is 15.1. The zero-order chi connectivity index (χ0) is 99.5. The van der Waals surface area contributed by atoms with Crippen molar-refractivity contribution in [1.29, 1.82) is 0 Å². The summed E-state index contributed by atoms with van der Waals surface area (Å²) in [5.41, 5.74) is 42.7. The van der Waals surface area contributed by atoms with Gasteiger partial charge in [-0.15, -0.1) is 0 Å². The minimum atomic E-state index is 1.14. The van der Waals surface area contributed by atoms with Gasteiger partial charge >= 0.3 is 0 Å². The predicted octanol–water partition coefficient (Wildman–Crippen LogP) is 38.4. The normalized spacial score (nSPS) is 11.5. The van der Waals surface area contributed by atoms with Crippen LogP contribution in [0.2, 0.25) is 0 Å².